The molecule has 3 heterocycles. The quantitative estimate of drug-likeness (QED) is 0.679. The molecule has 0 saturated heterocycles. The zero-order chi connectivity index (χ0) is 18.1. The summed E-state index contributed by atoms with van der Waals surface area (Å²) in [4.78, 5) is 31.8. The summed E-state index contributed by atoms with van der Waals surface area (Å²) in [6.07, 6.45) is 3.41. The third-order valence-electron chi connectivity index (χ3n) is 4.20. The van der Waals surface area contributed by atoms with E-state index in [9.17, 15) is 14.0 Å². The van der Waals surface area contributed by atoms with E-state index in [4.69, 9.17) is 0 Å². The molecule has 0 atom stereocenters. The number of pyridine rings is 1. The van der Waals surface area contributed by atoms with Gasteiger partial charge in [0.05, 0.1) is 6.42 Å². The highest BCUT2D eigenvalue weighted by Crippen LogP contribution is 2.32. The van der Waals surface area contributed by atoms with Crippen LogP contribution in [0.25, 0.3) is 16.5 Å². The molecular weight excluding hydrogens is 335 g/mol. The Kier molecular flexibility index (Phi) is 3.96. The van der Waals surface area contributed by atoms with Crippen molar-refractivity contribution in [3.63, 3.8) is 0 Å². The van der Waals surface area contributed by atoms with Crippen LogP contribution in [-0.4, -0.2) is 28.3 Å². The molecule has 0 spiro atoms. The largest absolute Gasteiger partial charge is 0.350 e. The fourth-order valence-corrected chi connectivity index (χ4v) is 3.08. The maximum absolute atomic E-state index is 13.7. The average molecular weight is 350 g/mol. The van der Waals surface area contributed by atoms with E-state index in [1.54, 1.807) is 36.5 Å². The number of benzene rings is 1. The molecule has 2 amide bonds. The third kappa shape index (κ3) is 2.95. The van der Waals surface area contributed by atoms with Gasteiger partial charge in [0.2, 0.25) is 5.91 Å². The van der Waals surface area contributed by atoms with E-state index in [2.05, 4.69) is 20.6 Å². The fourth-order valence-electron chi connectivity index (χ4n) is 3.08. The van der Waals surface area contributed by atoms with Crippen LogP contribution in [0, 0.1) is 5.82 Å². The smallest absolute Gasteiger partial charge is 0.268 e. The second kappa shape index (κ2) is 6.44. The number of H-pyrrole nitrogens is 1. The van der Waals surface area contributed by atoms with Gasteiger partial charge < -0.3 is 15.6 Å². The van der Waals surface area contributed by atoms with Gasteiger partial charge in [-0.05, 0) is 35.9 Å². The maximum Gasteiger partial charge on any atom is 0.268 e. The van der Waals surface area contributed by atoms with Crippen molar-refractivity contribution >= 4 is 34.1 Å². The molecule has 0 fully saturated rings. The number of nitrogens with one attached hydrogen (secondary N) is 3. The Morgan fingerprint density at radius 1 is 1.27 bits per heavy atom. The molecule has 1 aliphatic rings. The minimum Gasteiger partial charge on any atom is -0.350 e. The van der Waals surface area contributed by atoms with Gasteiger partial charge >= 0.3 is 0 Å². The van der Waals surface area contributed by atoms with Gasteiger partial charge in [-0.3, -0.25) is 9.59 Å². The van der Waals surface area contributed by atoms with E-state index < -0.39 is 5.82 Å². The molecule has 0 aliphatic carbocycles. The van der Waals surface area contributed by atoms with E-state index in [1.807, 2.05) is 0 Å². The van der Waals surface area contributed by atoms with Crippen molar-refractivity contribution in [1.82, 2.24) is 15.3 Å². The number of carbonyl (C=O) groups is 2. The van der Waals surface area contributed by atoms with E-state index in [-0.39, 0.29) is 18.2 Å². The highest BCUT2D eigenvalue weighted by atomic mass is 19.1. The Labute approximate surface area is 148 Å². The Balaban J connectivity index is 1.71. The minimum absolute atomic E-state index is 0.0437. The minimum atomic E-state index is -0.402. The second-order valence-electron chi connectivity index (χ2n) is 5.94. The van der Waals surface area contributed by atoms with Crippen molar-refractivity contribution in [1.29, 1.82) is 0 Å². The van der Waals surface area contributed by atoms with E-state index in [1.165, 1.54) is 12.1 Å². The molecule has 7 heteroatoms. The number of halogens is 1. The van der Waals surface area contributed by atoms with Crippen molar-refractivity contribution < 1.29 is 14.0 Å². The molecule has 1 aliphatic heterocycles. The number of fused-ring (bicyclic) bond motifs is 3. The summed E-state index contributed by atoms with van der Waals surface area (Å²) in [6.45, 7) is 0.296. The molecule has 6 nitrogen and oxygen atoms in total. The Hall–Kier alpha value is -3.48. The summed E-state index contributed by atoms with van der Waals surface area (Å²) in [7, 11) is 0. The lowest BCUT2D eigenvalue weighted by Gasteiger charge is -2.08. The van der Waals surface area contributed by atoms with E-state index in [0.717, 1.165) is 0 Å². The van der Waals surface area contributed by atoms with Crippen LogP contribution in [-0.2, 0) is 4.79 Å². The molecule has 3 N–H and O–H groups in total. The average Bonchev–Trinajstić information content (AvgIpc) is 2.93. The van der Waals surface area contributed by atoms with Crippen LogP contribution in [0.15, 0.2) is 48.7 Å². The van der Waals surface area contributed by atoms with Gasteiger partial charge in [-0.1, -0.05) is 12.1 Å². The van der Waals surface area contributed by atoms with Gasteiger partial charge in [0.1, 0.15) is 17.3 Å². The summed E-state index contributed by atoms with van der Waals surface area (Å²) in [5.41, 5.74) is 2.19. The number of aromatic amines is 1. The topological polar surface area (TPSA) is 86.9 Å². The molecule has 0 saturated carbocycles. The van der Waals surface area contributed by atoms with Crippen molar-refractivity contribution in [3.05, 3.63) is 65.7 Å². The zero-order valence-corrected chi connectivity index (χ0v) is 13.7. The Morgan fingerprint density at radius 3 is 2.96 bits per heavy atom. The van der Waals surface area contributed by atoms with Gasteiger partial charge in [-0.15, -0.1) is 0 Å². The summed E-state index contributed by atoms with van der Waals surface area (Å²) in [5, 5.41) is 6.05. The van der Waals surface area contributed by atoms with Crippen molar-refractivity contribution in [2.75, 3.05) is 11.9 Å². The van der Waals surface area contributed by atoms with Gasteiger partial charge in [0.25, 0.3) is 5.91 Å². The molecule has 0 unspecified atom stereocenters. The first-order valence-corrected chi connectivity index (χ1v) is 8.11. The SMILES string of the molecule is O=C(CC1=CCNC(=O)c2[nH]c3ccc(F)cc3c21)Nc1ccccn1. The van der Waals surface area contributed by atoms with E-state index in [0.29, 0.717) is 40.1 Å². The molecule has 26 heavy (non-hydrogen) atoms. The number of nitrogens with zero attached hydrogens (tertiary/aromatic N) is 1. The van der Waals surface area contributed by atoms with Crippen molar-refractivity contribution in [2.45, 2.75) is 6.42 Å². The van der Waals surface area contributed by atoms with Gasteiger partial charge in [-0.2, -0.15) is 0 Å². The number of carbonyl (C=O) groups excluding carboxylic acids is 2. The second-order valence-corrected chi connectivity index (χ2v) is 5.94. The Bertz CT molecular complexity index is 1040. The number of hydrogen-bond acceptors (Lipinski definition) is 3. The first kappa shape index (κ1) is 16.0. The van der Waals surface area contributed by atoms with Crippen LogP contribution in [0.1, 0.15) is 22.5 Å². The highest BCUT2D eigenvalue weighted by molar-refractivity contribution is 6.10. The summed E-state index contributed by atoms with van der Waals surface area (Å²) in [6, 6.07) is 9.50. The number of amides is 2. The van der Waals surface area contributed by atoms with Gasteiger partial charge in [0, 0.05) is 29.2 Å². The maximum atomic E-state index is 13.7. The molecule has 4 rings (SSSR count). The van der Waals surface area contributed by atoms with Crippen LogP contribution in [0.2, 0.25) is 0 Å². The van der Waals surface area contributed by atoms with Gasteiger partial charge in [-0.25, -0.2) is 9.37 Å². The molecular formula is C19H15FN4O2. The Morgan fingerprint density at radius 2 is 2.15 bits per heavy atom. The lowest BCUT2D eigenvalue weighted by molar-refractivity contribution is -0.115. The van der Waals surface area contributed by atoms with Crippen LogP contribution < -0.4 is 10.6 Å². The van der Waals surface area contributed by atoms with Crippen molar-refractivity contribution in [3.8, 4) is 0 Å². The predicted molar refractivity (Wildman–Crippen MR) is 96.1 cm³/mol. The molecule has 3 aromatic rings. The standard InChI is InChI=1S/C19H15FN4O2/c20-12-4-5-14-13(10-12)17-11(6-8-22-19(26)18(17)23-14)9-16(25)24-15-3-1-2-7-21-15/h1-7,10,23H,8-9H2,(H,22,26)(H,21,24,25). The molecule has 1 aromatic carbocycles. The molecule has 0 radical (unpaired) electrons. The zero-order valence-electron chi connectivity index (χ0n) is 13.7. The van der Waals surface area contributed by atoms with Crippen LogP contribution in [0.4, 0.5) is 10.2 Å². The number of anilines is 1. The summed E-state index contributed by atoms with van der Waals surface area (Å²) in [5.74, 6) is -0.499. The number of rotatable bonds is 3. The van der Waals surface area contributed by atoms with Crippen LogP contribution >= 0.6 is 0 Å². The first-order chi connectivity index (χ1) is 12.6. The van der Waals surface area contributed by atoms with Crippen LogP contribution in [0.5, 0.6) is 0 Å². The molecule has 0 bridgehead atoms. The monoisotopic (exact) mass is 350 g/mol. The predicted octanol–water partition coefficient (Wildman–Crippen LogP) is 2.86. The molecule has 2 aromatic heterocycles. The van der Waals surface area contributed by atoms with Crippen molar-refractivity contribution in [2.24, 2.45) is 0 Å². The normalized spacial score (nSPS) is 13.6. The van der Waals surface area contributed by atoms with Gasteiger partial charge in [0.15, 0.2) is 0 Å². The highest BCUT2D eigenvalue weighted by Gasteiger charge is 2.24. The summed E-state index contributed by atoms with van der Waals surface area (Å²) >= 11 is 0. The first-order valence-electron chi connectivity index (χ1n) is 8.11. The lowest BCUT2D eigenvalue weighted by atomic mass is 9.98. The third-order valence-corrected chi connectivity index (χ3v) is 4.20. The number of aromatic nitrogens is 2. The number of hydrogen-bond donors (Lipinski definition) is 3. The summed E-state index contributed by atoms with van der Waals surface area (Å²) < 4.78 is 13.7. The fraction of sp³-hybridized carbons (Fsp3) is 0.105. The van der Waals surface area contributed by atoms with Crippen LogP contribution in [0.3, 0.4) is 0 Å². The van der Waals surface area contributed by atoms with E-state index >= 15 is 0 Å². The lowest BCUT2D eigenvalue weighted by Crippen LogP contribution is -2.22. The molecule has 130 valence electrons.